The van der Waals surface area contributed by atoms with Crippen LogP contribution in [-0.2, 0) is 12.8 Å². The molecule has 0 aliphatic carbocycles. The van der Waals surface area contributed by atoms with Crippen LogP contribution in [0.2, 0.25) is 0 Å². The Balaban J connectivity index is 1.71. The number of carbonyl (C=O) groups is 1. The van der Waals surface area contributed by atoms with Gasteiger partial charge in [-0.1, -0.05) is 32.4 Å². The highest BCUT2D eigenvalue weighted by atomic mass is 32.2. The molecule has 0 fully saturated rings. The summed E-state index contributed by atoms with van der Waals surface area (Å²) in [7, 11) is 0. The molecule has 2 nitrogen and oxygen atoms in total. The zero-order valence-electron chi connectivity index (χ0n) is 13.4. The van der Waals surface area contributed by atoms with E-state index in [2.05, 4.69) is 19.9 Å². The molecule has 0 saturated carbocycles. The monoisotopic (exact) mass is 344 g/mol. The molecular weight excluding hydrogens is 324 g/mol. The van der Waals surface area contributed by atoms with Crippen molar-refractivity contribution in [2.45, 2.75) is 39.5 Å². The predicted octanol–water partition coefficient (Wildman–Crippen LogP) is 6.09. The van der Waals surface area contributed by atoms with Crippen LogP contribution in [0.1, 0.15) is 46.8 Å². The molecule has 0 atom stereocenters. The summed E-state index contributed by atoms with van der Waals surface area (Å²) in [5.74, 6) is 0.338. The third-order valence-corrected chi connectivity index (χ3v) is 6.22. The molecule has 2 aromatic heterocycles. The van der Waals surface area contributed by atoms with Gasteiger partial charge in [-0.15, -0.1) is 22.7 Å². The van der Waals surface area contributed by atoms with Crippen molar-refractivity contribution in [3.63, 3.8) is 0 Å². The zero-order chi connectivity index (χ0) is 16.2. The highest BCUT2D eigenvalue weighted by molar-refractivity contribution is 7.39. The first kappa shape index (κ1) is 16.2. The summed E-state index contributed by atoms with van der Waals surface area (Å²) < 4.78 is 6.68. The van der Waals surface area contributed by atoms with E-state index in [1.807, 2.05) is 30.3 Å². The Morgan fingerprint density at radius 1 is 1.09 bits per heavy atom. The van der Waals surface area contributed by atoms with Gasteiger partial charge in [-0.05, 0) is 49.1 Å². The average molecular weight is 345 g/mol. The molecule has 0 spiro atoms. The molecule has 0 aliphatic rings. The number of benzene rings is 1. The van der Waals surface area contributed by atoms with Crippen LogP contribution in [0.15, 0.2) is 36.4 Å². The van der Waals surface area contributed by atoms with Crippen molar-refractivity contribution in [1.29, 1.82) is 0 Å². The van der Waals surface area contributed by atoms with Gasteiger partial charge in [-0.2, -0.15) is 0 Å². The summed E-state index contributed by atoms with van der Waals surface area (Å²) in [5.41, 5.74) is 1.24. The highest BCUT2D eigenvalue weighted by Crippen LogP contribution is 2.34. The first-order valence-electron chi connectivity index (χ1n) is 8.03. The van der Waals surface area contributed by atoms with E-state index in [0.29, 0.717) is 10.6 Å². The third-order valence-electron chi connectivity index (χ3n) is 3.79. The number of ether oxygens (including phenoxy) is 1. The van der Waals surface area contributed by atoms with Crippen molar-refractivity contribution < 1.29 is 9.53 Å². The van der Waals surface area contributed by atoms with Gasteiger partial charge in [-0.25, -0.2) is 4.79 Å². The first-order valence-corrected chi connectivity index (χ1v) is 9.66. The topological polar surface area (TPSA) is 26.3 Å². The lowest BCUT2D eigenvalue weighted by Gasteiger charge is -2.03. The summed E-state index contributed by atoms with van der Waals surface area (Å²) in [6, 6.07) is 11.9. The maximum Gasteiger partial charge on any atom is 0.353 e. The second kappa shape index (κ2) is 7.28. The van der Waals surface area contributed by atoms with E-state index in [0.717, 1.165) is 12.8 Å². The van der Waals surface area contributed by atoms with Crippen LogP contribution >= 0.6 is 22.7 Å². The third kappa shape index (κ3) is 3.82. The van der Waals surface area contributed by atoms with Crippen molar-refractivity contribution in [2.75, 3.05) is 0 Å². The van der Waals surface area contributed by atoms with Crippen LogP contribution in [-0.4, -0.2) is 5.97 Å². The second-order valence-electron chi connectivity index (χ2n) is 5.56. The van der Waals surface area contributed by atoms with Crippen molar-refractivity contribution in [1.82, 2.24) is 0 Å². The fraction of sp³-hybridized carbons (Fsp3) is 0.316. The Morgan fingerprint density at radius 2 is 1.87 bits per heavy atom. The molecule has 0 bridgehead atoms. The summed E-state index contributed by atoms with van der Waals surface area (Å²) in [5, 5.41) is 1.17. The number of esters is 1. The number of aryl methyl sites for hydroxylation is 2. The second-order valence-corrected chi connectivity index (χ2v) is 8.00. The van der Waals surface area contributed by atoms with Gasteiger partial charge < -0.3 is 4.74 Å². The molecule has 23 heavy (non-hydrogen) atoms. The highest BCUT2D eigenvalue weighted by Gasteiger charge is 2.14. The van der Waals surface area contributed by atoms with Gasteiger partial charge in [0.05, 0.1) is 4.01 Å². The number of thiophene rings is 2. The van der Waals surface area contributed by atoms with E-state index in [1.54, 1.807) is 11.3 Å². The van der Waals surface area contributed by atoms with Crippen LogP contribution in [0.25, 0.3) is 9.40 Å². The normalized spacial score (nSPS) is 11.0. The van der Waals surface area contributed by atoms with E-state index in [-0.39, 0.29) is 5.97 Å². The van der Waals surface area contributed by atoms with Crippen LogP contribution in [0.4, 0.5) is 0 Å². The van der Waals surface area contributed by atoms with Gasteiger partial charge in [0.15, 0.2) is 0 Å². The Kier molecular flexibility index (Phi) is 5.13. The lowest BCUT2D eigenvalue weighted by molar-refractivity contribution is 0.0740. The van der Waals surface area contributed by atoms with Crippen LogP contribution in [0, 0.1) is 0 Å². The molecule has 120 valence electrons. The lowest BCUT2D eigenvalue weighted by atomic mass is 10.2. The first-order chi connectivity index (χ1) is 11.2. The molecule has 2 heterocycles. The van der Waals surface area contributed by atoms with Gasteiger partial charge in [0.1, 0.15) is 10.6 Å². The Morgan fingerprint density at radius 3 is 2.52 bits per heavy atom. The van der Waals surface area contributed by atoms with E-state index in [1.165, 1.54) is 44.0 Å². The fourth-order valence-electron chi connectivity index (χ4n) is 2.42. The molecule has 0 unspecified atom stereocenters. The van der Waals surface area contributed by atoms with Crippen molar-refractivity contribution in [3.8, 4) is 5.75 Å². The summed E-state index contributed by atoms with van der Waals surface area (Å²) >= 11 is 3.33. The molecule has 1 aromatic carbocycles. The van der Waals surface area contributed by atoms with Gasteiger partial charge >= 0.3 is 5.97 Å². The SMILES string of the molecule is CCCCc1cc2cc(C(=O)Oc3ccc(CC)cc3)sc2s1. The number of unbranched alkanes of at least 4 members (excludes halogenated alkanes) is 1. The molecule has 0 aliphatic heterocycles. The zero-order valence-corrected chi connectivity index (χ0v) is 15.1. The van der Waals surface area contributed by atoms with Crippen LogP contribution in [0.3, 0.4) is 0 Å². The summed E-state index contributed by atoms with van der Waals surface area (Å²) in [6.07, 6.45) is 4.54. The largest absolute Gasteiger partial charge is 0.422 e. The molecule has 0 N–H and O–H groups in total. The molecular formula is C19H20O2S2. The van der Waals surface area contributed by atoms with Gasteiger partial charge in [0.2, 0.25) is 0 Å². The van der Waals surface area contributed by atoms with Gasteiger partial charge in [0, 0.05) is 10.3 Å². The lowest BCUT2D eigenvalue weighted by Crippen LogP contribution is -2.06. The minimum atomic E-state index is -0.266. The number of rotatable bonds is 6. The molecule has 0 saturated heterocycles. The fourth-order valence-corrected chi connectivity index (χ4v) is 4.83. The van der Waals surface area contributed by atoms with E-state index in [9.17, 15) is 4.79 Å². The van der Waals surface area contributed by atoms with Crippen LogP contribution in [0.5, 0.6) is 5.75 Å². The van der Waals surface area contributed by atoms with E-state index >= 15 is 0 Å². The van der Waals surface area contributed by atoms with Gasteiger partial charge in [0.25, 0.3) is 0 Å². The predicted molar refractivity (Wildman–Crippen MR) is 99.1 cm³/mol. The molecule has 0 amide bonds. The smallest absolute Gasteiger partial charge is 0.353 e. The molecule has 3 rings (SSSR count). The quantitative estimate of drug-likeness (QED) is 0.400. The summed E-state index contributed by atoms with van der Waals surface area (Å²) in [6.45, 7) is 4.31. The number of hydrogen-bond donors (Lipinski definition) is 0. The van der Waals surface area contributed by atoms with Gasteiger partial charge in [-0.3, -0.25) is 0 Å². The van der Waals surface area contributed by atoms with Crippen molar-refractivity contribution >= 4 is 38.0 Å². The Labute approximate surface area is 144 Å². The van der Waals surface area contributed by atoms with E-state index < -0.39 is 0 Å². The van der Waals surface area contributed by atoms with E-state index in [4.69, 9.17) is 4.74 Å². The van der Waals surface area contributed by atoms with Crippen molar-refractivity contribution in [3.05, 3.63) is 51.7 Å². The average Bonchev–Trinajstić information content (AvgIpc) is 3.12. The standard InChI is InChI=1S/C19H20O2S2/c1-3-5-6-16-11-14-12-17(23-19(14)22-16)18(20)21-15-9-7-13(4-2)8-10-15/h7-12H,3-6H2,1-2H3. The molecule has 0 radical (unpaired) electrons. The molecule has 4 heteroatoms. The summed E-state index contributed by atoms with van der Waals surface area (Å²) in [4.78, 5) is 14.4. The van der Waals surface area contributed by atoms with Crippen LogP contribution < -0.4 is 4.74 Å². The maximum absolute atomic E-state index is 12.3. The van der Waals surface area contributed by atoms with Crippen molar-refractivity contribution in [2.24, 2.45) is 0 Å². The number of hydrogen-bond acceptors (Lipinski definition) is 4. The number of fused-ring (bicyclic) bond motifs is 1. The minimum Gasteiger partial charge on any atom is -0.422 e. The maximum atomic E-state index is 12.3. The Bertz CT molecular complexity index is 765. The minimum absolute atomic E-state index is 0.266. The number of carbonyl (C=O) groups excluding carboxylic acids is 1. The Hall–Kier alpha value is -1.65. The molecule has 3 aromatic rings.